The van der Waals surface area contributed by atoms with Gasteiger partial charge in [0.05, 0.1) is 11.3 Å². The zero-order valence-corrected chi connectivity index (χ0v) is 17.2. The van der Waals surface area contributed by atoms with E-state index in [-0.39, 0.29) is 17.8 Å². The molecule has 1 aromatic carbocycles. The summed E-state index contributed by atoms with van der Waals surface area (Å²) in [4.78, 5) is 10.9. The van der Waals surface area contributed by atoms with Gasteiger partial charge in [-0.1, -0.05) is 30.3 Å². The first-order valence-electron chi connectivity index (χ1n) is 9.91. The molecule has 7 heteroatoms. The summed E-state index contributed by atoms with van der Waals surface area (Å²) in [6, 6.07) is 8.32. The van der Waals surface area contributed by atoms with Crippen molar-refractivity contribution in [1.29, 1.82) is 0 Å². The number of aryl methyl sites for hydroxylation is 1. The van der Waals surface area contributed by atoms with Crippen molar-refractivity contribution in [3.8, 4) is 0 Å². The number of likely N-dealkylation sites (tertiary alicyclic amines) is 1. The smallest absolute Gasteiger partial charge is 0.290 e. The third-order valence-corrected chi connectivity index (χ3v) is 8.47. The number of sulfonamides is 1. The molecule has 1 aromatic rings. The molecule has 28 heavy (non-hydrogen) atoms. The lowest BCUT2D eigenvalue weighted by Gasteiger charge is -2.30. The average Bonchev–Trinajstić information content (AvgIpc) is 3.36. The highest BCUT2D eigenvalue weighted by Gasteiger charge is 2.54. The van der Waals surface area contributed by atoms with E-state index in [0.717, 1.165) is 38.9 Å². The summed E-state index contributed by atoms with van der Waals surface area (Å²) < 4.78 is 28.0. The molecule has 3 aliphatic rings. The van der Waals surface area contributed by atoms with Crippen LogP contribution >= 0.6 is 0 Å². The minimum Gasteiger partial charge on any atom is -0.483 e. The summed E-state index contributed by atoms with van der Waals surface area (Å²) >= 11 is 0. The third-order valence-electron chi connectivity index (χ3n) is 6.13. The largest absolute Gasteiger partial charge is 0.483 e. The third kappa shape index (κ3) is 4.16. The Labute approximate surface area is 167 Å². The lowest BCUT2D eigenvalue weighted by Crippen LogP contribution is -2.37. The molecule has 1 N–H and O–H groups in total. The number of carboxylic acid groups (broad SMARTS) is 1. The molecule has 2 heterocycles. The standard InChI is InChI=1S/C20H28N2O2S.CH2O2/c1-3-4-11-21-12-16-13-22(25(23,24)17-9-10-17)20(19(16)14-21)18-8-6-5-7-15(18)2;2-1-3/h3,5-8,16-17,19-20H,1,4,9-14H2,2H3;1H,(H,2,3)/t16-,19-,20+;/m0./s1. The summed E-state index contributed by atoms with van der Waals surface area (Å²) in [5, 5.41) is 6.76. The second kappa shape index (κ2) is 8.76. The minimum absolute atomic E-state index is 0.00512. The molecule has 0 unspecified atom stereocenters. The van der Waals surface area contributed by atoms with Crippen molar-refractivity contribution in [2.75, 3.05) is 26.2 Å². The molecular weight excluding hydrogens is 376 g/mol. The summed E-state index contributed by atoms with van der Waals surface area (Å²) in [5.41, 5.74) is 2.40. The topological polar surface area (TPSA) is 77.9 Å². The first-order valence-corrected chi connectivity index (χ1v) is 11.4. The van der Waals surface area contributed by atoms with E-state index in [1.807, 2.05) is 22.5 Å². The van der Waals surface area contributed by atoms with Gasteiger partial charge < -0.3 is 10.0 Å². The fraction of sp³-hybridized carbons (Fsp3) is 0.571. The Balaban J connectivity index is 0.000000706. The van der Waals surface area contributed by atoms with Crippen molar-refractivity contribution in [2.24, 2.45) is 11.8 Å². The van der Waals surface area contributed by atoms with Crippen molar-refractivity contribution in [1.82, 2.24) is 9.21 Å². The van der Waals surface area contributed by atoms with Crippen LogP contribution in [0.2, 0.25) is 0 Å². The Morgan fingerprint density at radius 1 is 1.21 bits per heavy atom. The summed E-state index contributed by atoms with van der Waals surface area (Å²) in [5.74, 6) is 0.849. The van der Waals surface area contributed by atoms with Crippen LogP contribution in [0.15, 0.2) is 36.9 Å². The highest BCUT2D eigenvalue weighted by Crippen LogP contribution is 2.49. The van der Waals surface area contributed by atoms with E-state index in [1.54, 1.807) is 0 Å². The van der Waals surface area contributed by atoms with Crippen LogP contribution in [0.5, 0.6) is 0 Å². The molecule has 2 aliphatic heterocycles. The van der Waals surface area contributed by atoms with Crippen LogP contribution in [0.1, 0.15) is 36.4 Å². The van der Waals surface area contributed by atoms with E-state index in [0.29, 0.717) is 18.4 Å². The van der Waals surface area contributed by atoms with E-state index in [4.69, 9.17) is 9.90 Å². The van der Waals surface area contributed by atoms with Crippen LogP contribution in [0.25, 0.3) is 0 Å². The van der Waals surface area contributed by atoms with Gasteiger partial charge in [-0.15, -0.1) is 6.58 Å². The number of carbonyl (C=O) groups is 1. The first-order chi connectivity index (χ1) is 13.4. The maximum absolute atomic E-state index is 13.1. The zero-order chi connectivity index (χ0) is 20.3. The Bertz CT molecular complexity index is 806. The molecule has 2 saturated heterocycles. The van der Waals surface area contributed by atoms with Gasteiger partial charge in [0.1, 0.15) is 0 Å². The molecule has 1 aliphatic carbocycles. The van der Waals surface area contributed by atoms with Crippen molar-refractivity contribution in [2.45, 2.75) is 37.5 Å². The molecule has 4 rings (SSSR count). The molecule has 154 valence electrons. The Hall–Kier alpha value is -1.70. The van der Waals surface area contributed by atoms with Gasteiger partial charge in [0, 0.05) is 26.2 Å². The van der Waals surface area contributed by atoms with E-state index >= 15 is 0 Å². The minimum atomic E-state index is -3.16. The molecule has 3 atom stereocenters. The van der Waals surface area contributed by atoms with Gasteiger partial charge in [0.2, 0.25) is 10.0 Å². The lowest BCUT2D eigenvalue weighted by molar-refractivity contribution is -0.122. The average molecular weight is 407 g/mol. The highest BCUT2D eigenvalue weighted by molar-refractivity contribution is 7.90. The van der Waals surface area contributed by atoms with Gasteiger partial charge in [-0.2, -0.15) is 4.31 Å². The second-order valence-electron chi connectivity index (χ2n) is 7.98. The first kappa shape index (κ1) is 21.0. The van der Waals surface area contributed by atoms with Gasteiger partial charge >= 0.3 is 0 Å². The lowest BCUT2D eigenvalue weighted by atomic mass is 9.88. The monoisotopic (exact) mass is 406 g/mol. The number of rotatable bonds is 6. The Kier molecular flexibility index (Phi) is 6.58. The predicted octanol–water partition coefficient (Wildman–Crippen LogP) is 2.67. The van der Waals surface area contributed by atoms with Crippen molar-refractivity contribution in [3.05, 3.63) is 48.0 Å². The maximum Gasteiger partial charge on any atom is 0.290 e. The van der Waals surface area contributed by atoms with Gasteiger partial charge in [0.25, 0.3) is 6.47 Å². The molecule has 0 aromatic heterocycles. The number of nitrogens with zero attached hydrogens (tertiary/aromatic N) is 2. The Morgan fingerprint density at radius 2 is 1.89 bits per heavy atom. The van der Waals surface area contributed by atoms with Gasteiger partial charge in [-0.05, 0) is 49.1 Å². The molecule has 0 spiro atoms. The molecule has 0 amide bonds. The van der Waals surface area contributed by atoms with Crippen molar-refractivity contribution in [3.63, 3.8) is 0 Å². The fourth-order valence-electron chi connectivity index (χ4n) is 4.68. The van der Waals surface area contributed by atoms with Crippen LogP contribution in [-0.2, 0) is 14.8 Å². The zero-order valence-electron chi connectivity index (χ0n) is 16.4. The summed E-state index contributed by atoms with van der Waals surface area (Å²) in [7, 11) is -3.16. The Morgan fingerprint density at radius 3 is 2.50 bits per heavy atom. The number of benzene rings is 1. The SMILES string of the molecule is C=CCCN1C[C@H]2CN(S(=O)(=O)C3CC3)[C@H](c3ccccc3C)[C@H]2C1.O=CO. The van der Waals surface area contributed by atoms with Crippen LogP contribution in [-0.4, -0.2) is 60.6 Å². The highest BCUT2D eigenvalue weighted by atomic mass is 32.2. The van der Waals surface area contributed by atoms with E-state index in [1.165, 1.54) is 11.1 Å². The van der Waals surface area contributed by atoms with Gasteiger partial charge in [0.15, 0.2) is 0 Å². The number of fused-ring (bicyclic) bond motifs is 1. The number of hydrogen-bond donors (Lipinski definition) is 1. The quantitative estimate of drug-likeness (QED) is 0.580. The van der Waals surface area contributed by atoms with Gasteiger partial charge in [-0.3, -0.25) is 4.79 Å². The summed E-state index contributed by atoms with van der Waals surface area (Å²) in [6.45, 7) is 9.41. The van der Waals surface area contributed by atoms with Crippen LogP contribution < -0.4 is 0 Å². The molecule has 0 bridgehead atoms. The van der Waals surface area contributed by atoms with E-state index in [9.17, 15) is 8.42 Å². The van der Waals surface area contributed by atoms with E-state index < -0.39 is 10.0 Å². The van der Waals surface area contributed by atoms with Crippen LogP contribution in [0.3, 0.4) is 0 Å². The van der Waals surface area contributed by atoms with Gasteiger partial charge in [-0.25, -0.2) is 8.42 Å². The second-order valence-corrected chi connectivity index (χ2v) is 10.1. The molecule has 6 nitrogen and oxygen atoms in total. The van der Waals surface area contributed by atoms with Crippen molar-refractivity contribution >= 4 is 16.5 Å². The predicted molar refractivity (Wildman–Crippen MR) is 109 cm³/mol. The molecule has 0 radical (unpaired) electrons. The van der Waals surface area contributed by atoms with Crippen LogP contribution in [0.4, 0.5) is 0 Å². The molecule has 1 saturated carbocycles. The molecular formula is C21H30N2O4S. The molecule has 3 fully saturated rings. The maximum atomic E-state index is 13.1. The number of hydrogen-bond acceptors (Lipinski definition) is 4. The van der Waals surface area contributed by atoms with Crippen molar-refractivity contribution < 1.29 is 18.3 Å². The van der Waals surface area contributed by atoms with E-state index in [2.05, 4.69) is 30.5 Å². The van der Waals surface area contributed by atoms with Crippen LogP contribution in [0, 0.1) is 18.8 Å². The fourth-order valence-corrected chi connectivity index (χ4v) is 6.78. The normalized spacial score (nSPS) is 27.7. The summed E-state index contributed by atoms with van der Waals surface area (Å²) in [6.07, 6.45) is 4.63.